The molecule has 2 aromatic rings. The maximum Gasteiger partial charge on any atom is 0.311 e. The van der Waals surface area contributed by atoms with Crippen LogP contribution in [0.15, 0.2) is 42.6 Å². The Kier molecular flexibility index (Phi) is 4.52. The molecule has 0 radical (unpaired) electrons. The summed E-state index contributed by atoms with van der Waals surface area (Å²) in [6, 6.07) is 11.4. The maximum atomic E-state index is 11.0. The lowest BCUT2D eigenvalue weighted by atomic mass is 10.0. The van der Waals surface area contributed by atoms with Crippen LogP contribution in [-0.2, 0) is 6.54 Å². The van der Waals surface area contributed by atoms with E-state index in [-0.39, 0.29) is 5.69 Å². The highest BCUT2D eigenvalue weighted by Gasteiger charge is 2.17. The van der Waals surface area contributed by atoms with E-state index in [1.807, 2.05) is 7.05 Å². The molecule has 0 atom stereocenters. The number of aromatic nitrogens is 1. The quantitative estimate of drug-likeness (QED) is 0.620. The van der Waals surface area contributed by atoms with E-state index in [1.54, 1.807) is 17.2 Å². The Bertz CT molecular complexity index is 624. The van der Waals surface area contributed by atoms with Crippen LogP contribution in [0.25, 0.3) is 0 Å². The number of rotatable bonds is 5. The predicted molar refractivity (Wildman–Crippen MR) is 83.5 cm³/mol. The first-order chi connectivity index (χ1) is 9.99. The van der Waals surface area contributed by atoms with Gasteiger partial charge in [0.1, 0.15) is 0 Å². The van der Waals surface area contributed by atoms with Gasteiger partial charge in [-0.3, -0.25) is 10.1 Å². The highest BCUT2D eigenvalue weighted by molar-refractivity contribution is 5.56. The number of nitrogens with zero attached hydrogens (tertiary/aromatic N) is 3. The van der Waals surface area contributed by atoms with Crippen molar-refractivity contribution >= 4 is 11.5 Å². The minimum absolute atomic E-state index is 0.0267. The minimum Gasteiger partial charge on any atom is -0.350 e. The molecule has 0 aliphatic heterocycles. The fourth-order valence-electron chi connectivity index (χ4n) is 2.18. The Hall–Kier alpha value is -2.43. The third-order valence-electron chi connectivity index (χ3n) is 3.39. The van der Waals surface area contributed by atoms with E-state index in [0.29, 0.717) is 18.3 Å². The molecule has 21 heavy (non-hydrogen) atoms. The van der Waals surface area contributed by atoms with Crippen molar-refractivity contribution in [3.63, 3.8) is 0 Å². The standard InChI is InChI=1S/C16H19N3O2/c1-12(2)14-8-6-13(7-9-14)11-18(3)16-15(19(20)21)5-4-10-17-16/h4-10,12H,11H2,1-3H3. The zero-order valence-corrected chi connectivity index (χ0v) is 12.5. The Morgan fingerprint density at radius 1 is 1.24 bits per heavy atom. The lowest BCUT2D eigenvalue weighted by Crippen LogP contribution is -2.19. The minimum atomic E-state index is -0.402. The molecule has 0 spiro atoms. The molecule has 0 unspecified atom stereocenters. The average Bonchev–Trinajstić information content (AvgIpc) is 2.47. The van der Waals surface area contributed by atoms with Gasteiger partial charge in [-0.05, 0) is 23.1 Å². The first-order valence-electron chi connectivity index (χ1n) is 6.88. The van der Waals surface area contributed by atoms with Crippen LogP contribution < -0.4 is 4.90 Å². The molecule has 110 valence electrons. The summed E-state index contributed by atoms with van der Waals surface area (Å²) in [6.45, 7) is 4.88. The summed E-state index contributed by atoms with van der Waals surface area (Å²) in [5.41, 5.74) is 2.41. The molecule has 0 bridgehead atoms. The molecule has 1 aromatic carbocycles. The number of benzene rings is 1. The summed E-state index contributed by atoms with van der Waals surface area (Å²) in [6.07, 6.45) is 1.57. The molecular weight excluding hydrogens is 266 g/mol. The van der Waals surface area contributed by atoms with Crippen molar-refractivity contribution in [2.75, 3.05) is 11.9 Å². The van der Waals surface area contributed by atoms with Crippen LogP contribution in [0.2, 0.25) is 0 Å². The fourth-order valence-corrected chi connectivity index (χ4v) is 2.18. The Morgan fingerprint density at radius 3 is 2.48 bits per heavy atom. The van der Waals surface area contributed by atoms with E-state index in [9.17, 15) is 10.1 Å². The molecule has 0 saturated carbocycles. The van der Waals surface area contributed by atoms with Gasteiger partial charge in [-0.25, -0.2) is 4.98 Å². The molecule has 2 rings (SSSR count). The fraction of sp³-hybridized carbons (Fsp3) is 0.312. The summed E-state index contributed by atoms with van der Waals surface area (Å²) in [5, 5.41) is 11.0. The molecule has 0 fully saturated rings. The van der Waals surface area contributed by atoms with Crippen molar-refractivity contribution in [1.82, 2.24) is 4.98 Å². The second-order valence-electron chi connectivity index (χ2n) is 5.36. The summed E-state index contributed by atoms with van der Waals surface area (Å²) < 4.78 is 0. The van der Waals surface area contributed by atoms with E-state index >= 15 is 0 Å². The van der Waals surface area contributed by atoms with Gasteiger partial charge >= 0.3 is 5.69 Å². The van der Waals surface area contributed by atoms with Crippen molar-refractivity contribution in [2.45, 2.75) is 26.3 Å². The smallest absolute Gasteiger partial charge is 0.311 e. The van der Waals surface area contributed by atoms with Gasteiger partial charge in [0.2, 0.25) is 5.82 Å². The average molecular weight is 285 g/mol. The van der Waals surface area contributed by atoms with E-state index in [1.165, 1.54) is 11.6 Å². The molecule has 0 aliphatic carbocycles. The monoisotopic (exact) mass is 285 g/mol. The van der Waals surface area contributed by atoms with Crippen LogP contribution in [0.5, 0.6) is 0 Å². The largest absolute Gasteiger partial charge is 0.350 e. The van der Waals surface area contributed by atoms with Crippen molar-refractivity contribution in [1.29, 1.82) is 0 Å². The first-order valence-corrected chi connectivity index (χ1v) is 6.88. The van der Waals surface area contributed by atoms with Gasteiger partial charge in [-0.1, -0.05) is 38.1 Å². The molecule has 5 heteroatoms. The van der Waals surface area contributed by atoms with Gasteiger partial charge in [-0.15, -0.1) is 0 Å². The summed E-state index contributed by atoms with van der Waals surface area (Å²) in [5.74, 6) is 0.879. The van der Waals surface area contributed by atoms with Crippen molar-refractivity contribution in [3.8, 4) is 0 Å². The molecule has 5 nitrogen and oxygen atoms in total. The number of pyridine rings is 1. The predicted octanol–water partition coefficient (Wildman–Crippen LogP) is 3.75. The summed E-state index contributed by atoms with van der Waals surface area (Å²) in [4.78, 5) is 16.6. The van der Waals surface area contributed by atoms with Gasteiger partial charge in [0.15, 0.2) is 0 Å². The van der Waals surface area contributed by atoms with E-state index in [4.69, 9.17) is 0 Å². The third-order valence-corrected chi connectivity index (χ3v) is 3.39. The van der Waals surface area contributed by atoms with E-state index in [2.05, 4.69) is 43.1 Å². The van der Waals surface area contributed by atoms with Gasteiger partial charge in [-0.2, -0.15) is 0 Å². The van der Waals surface area contributed by atoms with Crippen LogP contribution >= 0.6 is 0 Å². The highest BCUT2D eigenvalue weighted by atomic mass is 16.6. The molecule has 0 amide bonds. The molecule has 1 heterocycles. The van der Waals surface area contributed by atoms with Gasteiger partial charge < -0.3 is 4.90 Å². The number of nitro groups is 1. The van der Waals surface area contributed by atoms with E-state index < -0.39 is 4.92 Å². The summed E-state index contributed by atoms with van der Waals surface area (Å²) in [7, 11) is 1.81. The number of hydrogen-bond donors (Lipinski definition) is 0. The zero-order chi connectivity index (χ0) is 15.4. The topological polar surface area (TPSA) is 59.3 Å². The third kappa shape index (κ3) is 3.56. The van der Waals surface area contributed by atoms with Gasteiger partial charge in [0, 0.05) is 25.9 Å². The van der Waals surface area contributed by atoms with Crippen LogP contribution in [0.3, 0.4) is 0 Å². The summed E-state index contributed by atoms with van der Waals surface area (Å²) >= 11 is 0. The van der Waals surface area contributed by atoms with Crippen molar-refractivity contribution in [3.05, 3.63) is 63.8 Å². The first kappa shape index (κ1) is 15.0. The number of anilines is 1. The Labute approximate surface area is 124 Å². The Morgan fingerprint density at radius 2 is 1.90 bits per heavy atom. The van der Waals surface area contributed by atoms with Gasteiger partial charge in [0.05, 0.1) is 4.92 Å². The van der Waals surface area contributed by atoms with Crippen LogP contribution in [0.1, 0.15) is 30.9 Å². The maximum absolute atomic E-state index is 11.0. The zero-order valence-electron chi connectivity index (χ0n) is 12.5. The van der Waals surface area contributed by atoms with Crippen molar-refractivity contribution < 1.29 is 4.92 Å². The van der Waals surface area contributed by atoms with Crippen LogP contribution in [-0.4, -0.2) is 17.0 Å². The molecule has 1 aromatic heterocycles. The normalized spacial score (nSPS) is 10.7. The van der Waals surface area contributed by atoms with Crippen LogP contribution in [0, 0.1) is 10.1 Å². The second-order valence-corrected chi connectivity index (χ2v) is 5.36. The molecular formula is C16H19N3O2. The highest BCUT2D eigenvalue weighted by Crippen LogP contribution is 2.25. The SMILES string of the molecule is CC(C)c1ccc(CN(C)c2ncccc2[N+](=O)[O-])cc1. The van der Waals surface area contributed by atoms with Crippen molar-refractivity contribution in [2.24, 2.45) is 0 Å². The molecule has 0 N–H and O–H groups in total. The molecule has 0 aliphatic rings. The van der Waals surface area contributed by atoms with Gasteiger partial charge in [0.25, 0.3) is 0 Å². The number of hydrogen-bond acceptors (Lipinski definition) is 4. The molecule has 0 saturated heterocycles. The lowest BCUT2D eigenvalue weighted by molar-refractivity contribution is -0.384. The Balaban J connectivity index is 2.18. The second kappa shape index (κ2) is 6.35. The lowest BCUT2D eigenvalue weighted by Gasteiger charge is -2.18. The van der Waals surface area contributed by atoms with Crippen LogP contribution in [0.4, 0.5) is 11.5 Å². The van der Waals surface area contributed by atoms with E-state index in [0.717, 1.165) is 5.56 Å².